The van der Waals surface area contributed by atoms with Crippen LogP contribution < -0.4 is 0 Å². The van der Waals surface area contributed by atoms with E-state index in [1.165, 1.54) is 0 Å². The Balaban J connectivity index is 2.44. The maximum absolute atomic E-state index is 12.0. The van der Waals surface area contributed by atoms with E-state index in [0.29, 0.717) is 6.42 Å². The number of rotatable bonds is 2. The van der Waals surface area contributed by atoms with Gasteiger partial charge in [0.25, 0.3) is 0 Å². The van der Waals surface area contributed by atoms with Crippen LogP contribution in [-0.4, -0.2) is 11.6 Å². The van der Waals surface area contributed by atoms with Crippen molar-refractivity contribution >= 4 is 11.6 Å². The average molecular weight is 195 g/mol. The lowest BCUT2D eigenvalue weighted by molar-refractivity contribution is -0.142. The van der Waals surface area contributed by atoms with E-state index in [2.05, 4.69) is 0 Å². The van der Waals surface area contributed by atoms with Crippen LogP contribution in [0.3, 0.4) is 0 Å². The fraction of sp³-hybridized carbons (Fsp3) is 0.833. The van der Waals surface area contributed by atoms with Crippen molar-refractivity contribution in [2.75, 3.05) is 0 Å². The number of hydrogen-bond acceptors (Lipinski definition) is 2. The van der Waals surface area contributed by atoms with E-state index >= 15 is 0 Å². The molecule has 0 aromatic heterocycles. The number of Topliss-reactive ketones (excluding diaryl/α,β-unsaturated/α-hetero) is 2. The Kier molecular flexibility index (Phi) is 1.65. The summed E-state index contributed by atoms with van der Waals surface area (Å²) in [4.78, 5) is 23.8. The van der Waals surface area contributed by atoms with E-state index in [0.717, 1.165) is 12.8 Å². The minimum Gasteiger partial charge on any atom is -0.291 e. The number of carbonyl (C=O) groups excluding carboxylic acids is 2. The van der Waals surface area contributed by atoms with Gasteiger partial charge in [0.15, 0.2) is 0 Å². The molecular formula is C12H18O2. The summed E-state index contributed by atoms with van der Waals surface area (Å²) in [5.41, 5.74) is -0.744. The monoisotopic (exact) mass is 195 g/mol. The fourth-order valence-corrected chi connectivity index (χ4v) is 3.47. The third kappa shape index (κ3) is 0.825. The molecule has 0 aromatic carbocycles. The third-order valence-corrected chi connectivity index (χ3v) is 4.49. The van der Waals surface area contributed by atoms with Crippen LogP contribution in [0.15, 0.2) is 0 Å². The summed E-state index contributed by atoms with van der Waals surface area (Å²) in [5, 5.41) is 0. The minimum atomic E-state index is -0.518. The van der Waals surface area contributed by atoms with Gasteiger partial charge in [0.05, 0.1) is 0 Å². The van der Waals surface area contributed by atoms with Crippen LogP contribution in [0.2, 0.25) is 0 Å². The SMILES string of the molecule is [2H]C(C)CC12CCC(C(=O)C1=O)C2(C)C. The zero-order valence-electron chi connectivity index (χ0n) is 10.1. The Bertz CT molecular complexity index is 333. The lowest BCUT2D eigenvalue weighted by Gasteiger charge is -2.35. The quantitative estimate of drug-likeness (QED) is 0.634. The summed E-state index contributed by atoms with van der Waals surface area (Å²) in [6, 6.07) is 0. The van der Waals surface area contributed by atoms with Crippen LogP contribution in [0, 0.1) is 16.7 Å². The molecule has 3 unspecified atom stereocenters. The first-order valence-electron chi connectivity index (χ1n) is 5.91. The Hall–Kier alpha value is -0.660. The molecule has 2 nitrogen and oxygen atoms in total. The van der Waals surface area contributed by atoms with Crippen LogP contribution in [0.25, 0.3) is 0 Å². The zero-order chi connectivity index (χ0) is 11.4. The number of carbonyl (C=O) groups is 2. The molecule has 2 rings (SSSR count). The molecule has 0 saturated heterocycles. The van der Waals surface area contributed by atoms with Crippen molar-refractivity contribution in [2.45, 2.75) is 46.4 Å². The van der Waals surface area contributed by atoms with Crippen molar-refractivity contribution in [3.63, 3.8) is 0 Å². The molecule has 2 aliphatic rings. The summed E-state index contributed by atoms with van der Waals surface area (Å²) in [5.74, 6) is -0.446. The molecule has 2 saturated carbocycles. The lowest BCUT2D eigenvalue weighted by atomic mass is 9.66. The Morgan fingerprint density at radius 1 is 1.50 bits per heavy atom. The van der Waals surface area contributed by atoms with E-state index < -0.39 is 5.41 Å². The van der Waals surface area contributed by atoms with E-state index in [1.54, 1.807) is 6.92 Å². The van der Waals surface area contributed by atoms with Crippen molar-refractivity contribution in [3.05, 3.63) is 0 Å². The van der Waals surface area contributed by atoms with E-state index in [1.807, 2.05) is 13.8 Å². The molecule has 0 amide bonds. The second-order valence-electron chi connectivity index (χ2n) is 5.20. The minimum absolute atomic E-state index is 0.0799. The van der Waals surface area contributed by atoms with Gasteiger partial charge in [-0.2, -0.15) is 0 Å². The van der Waals surface area contributed by atoms with Gasteiger partial charge < -0.3 is 0 Å². The van der Waals surface area contributed by atoms with Gasteiger partial charge in [0.2, 0.25) is 11.6 Å². The van der Waals surface area contributed by atoms with Crippen molar-refractivity contribution in [3.8, 4) is 0 Å². The van der Waals surface area contributed by atoms with E-state index in [9.17, 15) is 9.59 Å². The molecule has 2 bridgehead atoms. The van der Waals surface area contributed by atoms with Crippen molar-refractivity contribution in [2.24, 2.45) is 16.7 Å². The number of fused-ring (bicyclic) bond motifs is 2. The van der Waals surface area contributed by atoms with E-state index in [-0.39, 0.29) is 29.3 Å². The Morgan fingerprint density at radius 2 is 2.14 bits per heavy atom. The Morgan fingerprint density at radius 3 is 2.57 bits per heavy atom. The van der Waals surface area contributed by atoms with Gasteiger partial charge in [-0.05, 0) is 24.7 Å². The summed E-state index contributed by atoms with van der Waals surface area (Å²) in [7, 11) is 0. The molecule has 0 aliphatic heterocycles. The molecule has 78 valence electrons. The van der Waals surface area contributed by atoms with Gasteiger partial charge in [-0.15, -0.1) is 0 Å². The second kappa shape index (κ2) is 2.68. The highest BCUT2D eigenvalue weighted by Gasteiger charge is 2.67. The van der Waals surface area contributed by atoms with Gasteiger partial charge in [0, 0.05) is 12.7 Å². The molecule has 0 spiro atoms. The van der Waals surface area contributed by atoms with Gasteiger partial charge in [-0.3, -0.25) is 9.59 Å². The summed E-state index contributed by atoms with van der Waals surface area (Å²) in [6.07, 6.45) is 1.92. The molecular weight excluding hydrogens is 176 g/mol. The van der Waals surface area contributed by atoms with Crippen LogP contribution in [0.1, 0.15) is 47.8 Å². The molecule has 2 fully saturated rings. The standard InChI is InChI=1S/C12H18O2/c1-4-6-12-7-5-8(11(12,2)3)9(13)10(12)14/h8H,4-7H2,1-3H3/i4D. The molecule has 3 atom stereocenters. The normalized spacial score (nSPS) is 42.8. The lowest BCUT2D eigenvalue weighted by Crippen LogP contribution is -2.36. The van der Waals surface area contributed by atoms with Gasteiger partial charge >= 0.3 is 0 Å². The largest absolute Gasteiger partial charge is 0.291 e. The molecule has 0 N–H and O–H groups in total. The first kappa shape index (κ1) is 8.63. The predicted molar refractivity (Wildman–Crippen MR) is 53.9 cm³/mol. The predicted octanol–water partition coefficient (Wildman–Crippen LogP) is 2.36. The number of ketones is 2. The fourth-order valence-electron chi connectivity index (χ4n) is 3.47. The summed E-state index contributed by atoms with van der Waals surface area (Å²) in [6.45, 7) is 5.85. The molecule has 0 heterocycles. The summed E-state index contributed by atoms with van der Waals surface area (Å²) >= 11 is 0. The maximum atomic E-state index is 12.0. The topological polar surface area (TPSA) is 34.1 Å². The highest BCUT2D eigenvalue weighted by molar-refractivity contribution is 6.43. The Labute approximate surface area is 86.5 Å². The van der Waals surface area contributed by atoms with Crippen molar-refractivity contribution in [1.29, 1.82) is 0 Å². The van der Waals surface area contributed by atoms with Crippen molar-refractivity contribution < 1.29 is 11.0 Å². The van der Waals surface area contributed by atoms with Crippen LogP contribution in [0.4, 0.5) is 0 Å². The zero-order valence-corrected chi connectivity index (χ0v) is 9.09. The molecule has 0 radical (unpaired) electrons. The highest BCUT2D eigenvalue weighted by atomic mass is 16.2. The van der Waals surface area contributed by atoms with Crippen LogP contribution in [-0.2, 0) is 9.59 Å². The van der Waals surface area contributed by atoms with Crippen molar-refractivity contribution in [1.82, 2.24) is 0 Å². The molecule has 14 heavy (non-hydrogen) atoms. The third-order valence-electron chi connectivity index (χ3n) is 4.49. The first-order chi connectivity index (χ1) is 6.83. The van der Waals surface area contributed by atoms with Gasteiger partial charge in [-0.25, -0.2) is 0 Å². The first-order valence-corrected chi connectivity index (χ1v) is 5.34. The van der Waals surface area contributed by atoms with Crippen LogP contribution >= 0.6 is 0 Å². The number of hydrogen-bond donors (Lipinski definition) is 0. The molecule has 2 aliphatic carbocycles. The van der Waals surface area contributed by atoms with Gasteiger partial charge in [-0.1, -0.05) is 27.2 Å². The second-order valence-corrected chi connectivity index (χ2v) is 5.20. The maximum Gasteiger partial charge on any atom is 0.205 e. The van der Waals surface area contributed by atoms with E-state index in [4.69, 9.17) is 1.37 Å². The van der Waals surface area contributed by atoms with Gasteiger partial charge in [0.1, 0.15) is 0 Å². The summed E-state index contributed by atoms with van der Waals surface area (Å²) < 4.78 is 7.66. The molecule has 2 heteroatoms. The molecule has 0 aromatic rings. The smallest absolute Gasteiger partial charge is 0.205 e. The highest BCUT2D eigenvalue weighted by Crippen LogP contribution is 2.64. The average Bonchev–Trinajstić information content (AvgIpc) is 2.41. The van der Waals surface area contributed by atoms with Crippen LogP contribution in [0.5, 0.6) is 0 Å².